The molecule has 0 N–H and O–H groups in total. The van der Waals surface area contributed by atoms with Gasteiger partial charge in [0, 0.05) is 4.47 Å². The van der Waals surface area contributed by atoms with Gasteiger partial charge in [0.15, 0.2) is 0 Å². The largest absolute Gasteiger partial charge is 0.494 e. The molecule has 0 unspecified atom stereocenters. The Morgan fingerprint density at radius 2 is 1.74 bits per heavy atom. The SMILES string of the molecule is CCOc1ccc(Cc2cc(Cl)c(Cl)c(Br)c2)cc1. The van der Waals surface area contributed by atoms with E-state index in [9.17, 15) is 0 Å². The van der Waals surface area contributed by atoms with Gasteiger partial charge in [-0.1, -0.05) is 35.3 Å². The molecule has 2 rings (SSSR count). The molecule has 0 heterocycles. The van der Waals surface area contributed by atoms with E-state index >= 15 is 0 Å². The maximum Gasteiger partial charge on any atom is 0.119 e. The molecule has 2 aromatic rings. The third kappa shape index (κ3) is 3.88. The van der Waals surface area contributed by atoms with Crippen LogP contribution in [0.1, 0.15) is 18.1 Å². The van der Waals surface area contributed by atoms with Crippen LogP contribution in [-0.2, 0) is 6.42 Å². The van der Waals surface area contributed by atoms with Crippen molar-refractivity contribution in [2.24, 2.45) is 0 Å². The first-order valence-corrected chi connectivity index (χ1v) is 7.50. The van der Waals surface area contributed by atoms with E-state index in [-0.39, 0.29) is 0 Å². The Bertz CT molecular complexity index is 544. The van der Waals surface area contributed by atoms with Gasteiger partial charge in [-0.25, -0.2) is 0 Å². The number of hydrogen-bond donors (Lipinski definition) is 0. The highest BCUT2D eigenvalue weighted by Crippen LogP contribution is 2.32. The zero-order valence-corrected chi connectivity index (χ0v) is 13.5. The van der Waals surface area contributed by atoms with Gasteiger partial charge in [-0.15, -0.1) is 0 Å². The molecule has 0 fully saturated rings. The van der Waals surface area contributed by atoms with Gasteiger partial charge in [0.1, 0.15) is 5.75 Å². The third-order valence-electron chi connectivity index (χ3n) is 2.69. The Balaban J connectivity index is 2.17. The van der Waals surface area contributed by atoms with Gasteiger partial charge < -0.3 is 4.74 Å². The van der Waals surface area contributed by atoms with Crippen molar-refractivity contribution in [1.82, 2.24) is 0 Å². The normalized spacial score (nSPS) is 10.5. The zero-order valence-electron chi connectivity index (χ0n) is 10.4. The molecule has 0 radical (unpaired) electrons. The molecule has 0 aliphatic rings. The predicted octanol–water partition coefficient (Wildman–Crippen LogP) is 5.75. The molecule has 2 aromatic carbocycles. The first-order valence-electron chi connectivity index (χ1n) is 5.95. The lowest BCUT2D eigenvalue weighted by molar-refractivity contribution is 0.340. The second-order valence-electron chi connectivity index (χ2n) is 4.13. The summed E-state index contributed by atoms with van der Waals surface area (Å²) in [5.41, 5.74) is 2.32. The minimum absolute atomic E-state index is 0.553. The molecule has 19 heavy (non-hydrogen) atoms. The van der Waals surface area contributed by atoms with E-state index in [1.807, 2.05) is 31.2 Å². The standard InChI is InChI=1S/C15H13BrCl2O/c1-2-19-12-5-3-10(4-6-12)7-11-8-13(16)15(18)14(17)9-11/h3-6,8-9H,2,7H2,1H3. The lowest BCUT2D eigenvalue weighted by Crippen LogP contribution is -1.93. The highest BCUT2D eigenvalue weighted by molar-refractivity contribution is 9.10. The van der Waals surface area contributed by atoms with E-state index in [0.29, 0.717) is 16.7 Å². The number of benzene rings is 2. The van der Waals surface area contributed by atoms with Gasteiger partial charge >= 0.3 is 0 Å². The third-order valence-corrected chi connectivity index (χ3v) is 4.34. The Hall–Kier alpha value is -0.700. The molecule has 1 nitrogen and oxygen atoms in total. The van der Waals surface area contributed by atoms with Crippen LogP contribution in [0.3, 0.4) is 0 Å². The van der Waals surface area contributed by atoms with E-state index in [2.05, 4.69) is 28.1 Å². The van der Waals surface area contributed by atoms with E-state index < -0.39 is 0 Å². The lowest BCUT2D eigenvalue weighted by atomic mass is 10.1. The summed E-state index contributed by atoms with van der Waals surface area (Å²) in [6.45, 7) is 2.65. The Morgan fingerprint density at radius 3 is 2.32 bits per heavy atom. The van der Waals surface area contributed by atoms with Crippen molar-refractivity contribution in [1.29, 1.82) is 0 Å². The monoisotopic (exact) mass is 358 g/mol. The van der Waals surface area contributed by atoms with Crippen LogP contribution in [0.5, 0.6) is 5.75 Å². The summed E-state index contributed by atoms with van der Waals surface area (Å²) in [5, 5.41) is 1.12. The molecular weight excluding hydrogens is 347 g/mol. The van der Waals surface area contributed by atoms with Crippen LogP contribution in [0.2, 0.25) is 10.0 Å². The Kier molecular flexibility index (Phi) is 5.14. The van der Waals surface area contributed by atoms with Gasteiger partial charge in [-0.3, -0.25) is 0 Å². The average Bonchev–Trinajstić information content (AvgIpc) is 2.38. The van der Waals surface area contributed by atoms with Gasteiger partial charge in [-0.05, 0) is 64.7 Å². The molecule has 4 heteroatoms. The highest BCUT2D eigenvalue weighted by atomic mass is 79.9. The van der Waals surface area contributed by atoms with Crippen molar-refractivity contribution < 1.29 is 4.74 Å². The Morgan fingerprint density at radius 1 is 1.05 bits per heavy atom. The van der Waals surface area contributed by atoms with Crippen molar-refractivity contribution in [2.45, 2.75) is 13.3 Å². The molecule has 0 amide bonds. The molecule has 100 valence electrons. The summed E-state index contributed by atoms with van der Waals surface area (Å²) in [7, 11) is 0. The minimum Gasteiger partial charge on any atom is -0.494 e. The fourth-order valence-electron chi connectivity index (χ4n) is 1.82. The lowest BCUT2D eigenvalue weighted by Gasteiger charge is -2.07. The van der Waals surface area contributed by atoms with Gasteiger partial charge in [0.2, 0.25) is 0 Å². The smallest absolute Gasteiger partial charge is 0.119 e. The molecule has 0 atom stereocenters. The van der Waals surface area contributed by atoms with Crippen molar-refractivity contribution in [3.63, 3.8) is 0 Å². The van der Waals surface area contributed by atoms with E-state index in [4.69, 9.17) is 27.9 Å². The Labute approximate surface area is 131 Å². The van der Waals surface area contributed by atoms with Crippen LogP contribution in [0, 0.1) is 0 Å². The number of ether oxygens (including phenoxy) is 1. The van der Waals surface area contributed by atoms with Crippen LogP contribution in [-0.4, -0.2) is 6.61 Å². The molecule has 0 spiro atoms. The van der Waals surface area contributed by atoms with Crippen molar-refractivity contribution in [2.75, 3.05) is 6.61 Å². The maximum absolute atomic E-state index is 6.07. The number of rotatable bonds is 4. The molecule has 0 saturated carbocycles. The summed E-state index contributed by atoms with van der Waals surface area (Å²) in [6.07, 6.45) is 0.807. The summed E-state index contributed by atoms with van der Waals surface area (Å²) in [5.74, 6) is 0.890. The van der Waals surface area contributed by atoms with Crippen molar-refractivity contribution in [3.8, 4) is 5.75 Å². The van der Waals surface area contributed by atoms with E-state index in [1.54, 1.807) is 0 Å². The van der Waals surface area contributed by atoms with E-state index in [1.165, 1.54) is 5.56 Å². The first kappa shape index (κ1) is 14.7. The molecule has 0 aromatic heterocycles. The zero-order chi connectivity index (χ0) is 13.8. The summed E-state index contributed by atoms with van der Waals surface area (Å²) < 4.78 is 6.24. The summed E-state index contributed by atoms with van der Waals surface area (Å²) in [4.78, 5) is 0. The highest BCUT2D eigenvalue weighted by Gasteiger charge is 2.06. The van der Waals surface area contributed by atoms with Gasteiger partial charge in [-0.2, -0.15) is 0 Å². The minimum atomic E-state index is 0.553. The predicted molar refractivity (Wildman–Crippen MR) is 84.6 cm³/mol. The van der Waals surface area contributed by atoms with Crippen LogP contribution < -0.4 is 4.74 Å². The second-order valence-corrected chi connectivity index (χ2v) is 5.77. The van der Waals surface area contributed by atoms with Gasteiger partial charge in [0.05, 0.1) is 16.7 Å². The second kappa shape index (κ2) is 6.65. The molecule has 0 saturated heterocycles. The quantitative estimate of drug-likeness (QED) is 0.632. The van der Waals surface area contributed by atoms with Crippen molar-refractivity contribution in [3.05, 3.63) is 62.0 Å². The first-order chi connectivity index (χ1) is 9.10. The average molecular weight is 360 g/mol. The molecule has 0 bridgehead atoms. The maximum atomic E-state index is 6.07. The van der Waals surface area contributed by atoms with Crippen LogP contribution >= 0.6 is 39.1 Å². The van der Waals surface area contributed by atoms with Crippen molar-refractivity contribution >= 4 is 39.1 Å². The molecule has 0 aliphatic carbocycles. The summed E-state index contributed by atoms with van der Waals surface area (Å²) >= 11 is 15.5. The molecule has 0 aliphatic heterocycles. The molecular formula is C15H13BrCl2O. The fourth-order valence-corrected chi connectivity index (χ4v) is 2.79. The topological polar surface area (TPSA) is 9.23 Å². The van der Waals surface area contributed by atoms with Crippen LogP contribution in [0.25, 0.3) is 0 Å². The fraction of sp³-hybridized carbons (Fsp3) is 0.200. The van der Waals surface area contributed by atoms with E-state index in [0.717, 1.165) is 22.2 Å². The summed E-state index contributed by atoms with van der Waals surface area (Å²) in [6, 6.07) is 12.0. The van der Waals surface area contributed by atoms with Gasteiger partial charge in [0.25, 0.3) is 0 Å². The van der Waals surface area contributed by atoms with Crippen LogP contribution in [0.4, 0.5) is 0 Å². The van der Waals surface area contributed by atoms with Crippen LogP contribution in [0.15, 0.2) is 40.9 Å². The number of hydrogen-bond acceptors (Lipinski definition) is 1. The number of halogens is 3.